The molecule has 1 atom stereocenters. The lowest BCUT2D eigenvalue weighted by molar-refractivity contribution is 0.205. The number of rotatable bonds is 9. The number of benzene rings is 1. The number of nitrogens with one attached hydrogen (secondary N) is 1. The first-order chi connectivity index (χ1) is 10.1. The van der Waals surface area contributed by atoms with Crippen molar-refractivity contribution in [2.75, 3.05) is 38.3 Å². The second kappa shape index (κ2) is 9.62. The molecule has 0 aliphatic carbocycles. The van der Waals surface area contributed by atoms with Crippen LogP contribution in [0, 0.1) is 11.3 Å². The second-order valence-electron chi connectivity index (χ2n) is 4.87. The van der Waals surface area contributed by atoms with Gasteiger partial charge in [0.15, 0.2) is 0 Å². The van der Waals surface area contributed by atoms with Crippen molar-refractivity contribution in [2.24, 2.45) is 0 Å². The first kappa shape index (κ1) is 17.8. The first-order valence-corrected chi connectivity index (χ1v) is 7.65. The van der Waals surface area contributed by atoms with Crippen LogP contribution in [0.5, 0.6) is 0 Å². The SMILES string of the molecule is CCNC(C)c1ccc(N(CCC#N)CCOC)cc1Cl. The van der Waals surface area contributed by atoms with E-state index in [9.17, 15) is 0 Å². The number of hydrogen-bond acceptors (Lipinski definition) is 4. The molecule has 0 aliphatic heterocycles. The molecule has 0 heterocycles. The monoisotopic (exact) mass is 309 g/mol. The molecule has 4 nitrogen and oxygen atoms in total. The first-order valence-electron chi connectivity index (χ1n) is 7.27. The minimum atomic E-state index is 0.225. The molecular formula is C16H24ClN3O. The molecule has 116 valence electrons. The predicted molar refractivity (Wildman–Crippen MR) is 87.9 cm³/mol. The van der Waals surface area contributed by atoms with E-state index in [-0.39, 0.29) is 6.04 Å². The fourth-order valence-electron chi connectivity index (χ4n) is 2.24. The highest BCUT2D eigenvalue weighted by Crippen LogP contribution is 2.28. The Labute approximate surface area is 132 Å². The summed E-state index contributed by atoms with van der Waals surface area (Å²) in [5.41, 5.74) is 2.12. The summed E-state index contributed by atoms with van der Waals surface area (Å²) < 4.78 is 5.13. The quantitative estimate of drug-likeness (QED) is 0.759. The Bertz CT molecular complexity index is 473. The van der Waals surface area contributed by atoms with Gasteiger partial charge in [-0.2, -0.15) is 5.26 Å². The topological polar surface area (TPSA) is 48.3 Å². The Hall–Kier alpha value is -1.28. The Morgan fingerprint density at radius 1 is 1.43 bits per heavy atom. The van der Waals surface area contributed by atoms with Gasteiger partial charge in [-0.25, -0.2) is 0 Å². The smallest absolute Gasteiger partial charge is 0.0640 e. The van der Waals surface area contributed by atoms with Crippen LogP contribution in [0.4, 0.5) is 5.69 Å². The normalized spacial score (nSPS) is 12.0. The largest absolute Gasteiger partial charge is 0.383 e. The van der Waals surface area contributed by atoms with Gasteiger partial charge >= 0.3 is 0 Å². The van der Waals surface area contributed by atoms with Crippen LogP contribution >= 0.6 is 11.6 Å². The number of nitriles is 1. The molecule has 0 saturated heterocycles. The summed E-state index contributed by atoms with van der Waals surface area (Å²) in [7, 11) is 1.68. The summed E-state index contributed by atoms with van der Waals surface area (Å²) >= 11 is 6.41. The predicted octanol–water partition coefficient (Wildman–Crippen LogP) is 3.38. The highest BCUT2D eigenvalue weighted by atomic mass is 35.5. The Kier molecular flexibility index (Phi) is 8.14. The van der Waals surface area contributed by atoms with Crippen molar-refractivity contribution in [3.8, 4) is 6.07 Å². The zero-order chi connectivity index (χ0) is 15.7. The van der Waals surface area contributed by atoms with Gasteiger partial charge in [0, 0.05) is 37.0 Å². The molecule has 1 N–H and O–H groups in total. The van der Waals surface area contributed by atoms with E-state index in [1.807, 2.05) is 6.07 Å². The van der Waals surface area contributed by atoms with Gasteiger partial charge in [-0.15, -0.1) is 0 Å². The van der Waals surface area contributed by atoms with Gasteiger partial charge in [-0.1, -0.05) is 24.6 Å². The third-order valence-electron chi connectivity index (χ3n) is 3.38. The number of anilines is 1. The van der Waals surface area contributed by atoms with Crippen molar-refractivity contribution in [1.29, 1.82) is 5.26 Å². The Morgan fingerprint density at radius 2 is 2.19 bits per heavy atom. The molecule has 0 spiro atoms. The maximum absolute atomic E-state index is 8.78. The number of nitrogens with zero attached hydrogens (tertiary/aromatic N) is 2. The molecule has 0 saturated carbocycles. The van der Waals surface area contributed by atoms with Crippen molar-refractivity contribution in [1.82, 2.24) is 5.32 Å². The summed E-state index contributed by atoms with van der Waals surface area (Å²) in [6.07, 6.45) is 0.483. The molecule has 1 aromatic carbocycles. The molecule has 1 unspecified atom stereocenters. The van der Waals surface area contributed by atoms with Crippen molar-refractivity contribution in [3.05, 3.63) is 28.8 Å². The van der Waals surface area contributed by atoms with Crippen molar-refractivity contribution >= 4 is 17.3 Å². The maximum Gasteiger partial charge on any atom is 0.0640 e. The van der Waals surface area contributed by atoms with Crippen LogP contribution in [-0.2, 0) is 4.74 Å². The van der Waals surface area contributed by atoms with E-state index in [1.165, 1.54) is 0 Å². The van der Waals surface area contributed by atoms with Gasteiger partial charge in [0.25, 0.3) is 0 Å². The molecule has 1 rings (SSSR count). The summed E-state index contributed by atoms with van der Waals surface area (Å²) in [5, 5.41) is 12.9. The fourth-order valence-corrected chi connectivity index (χ4v) is 2.57. The van der Waals surface area contributed by atoms with E-state index >= 15 is 0 Å². The van der Waals surface area contributed by atoms with E-state index in [2.05, 4.69) is 42.3 Å². The standard InChI is InChI=1S/C16H24ClN3O/c1-4-19-13(2)15-7-6-14(12-16(15)17)20(9-5-8-18)10-11-21-3/h6-7,12-13,19H,4-5,9-11H2,1-3H3. The highest BCUT2D eigenvalue weighted by molar-refractivity contribution is 6.31. The lowest BCUT2D eigenvalue weighted by atomic mass is 10.1. The average molecular weight is 310 g/mol. The van der Waals surface area contributed by atoms with Crippen LogP contribution in [0.25, 0.3) is 0 Å². The fraction of sp³-hybridized carbons (Fsp3) is 0.562. The molecule has 21 heavy (non-hydrogen) atoms. The molecule has 0 aliphatic rings. The Balaban J connectivity index is 2.89. The average Bonchev–Trinajstić information content (AvgIpc) is 2.47. The lowest BCUT2D eigenvalue weighted by Gasteiger charge is -2.25. The molecule has 1 aromatic rings. The highest BCUT2D eigenvalue weighted by Gasteiger charge is 2.12. The minimum Gasteiger partial charge on any atom is -0.383 e. The molecule has 0 amide bonds. The third kappa shape index (κ3) is 5.55. The summed E-state index contributed by atoms with van der Waals surface area (Å²) in [6.45, 7) is 7.13. The van der Waals surface area contributed by atoms with E-state index in [1.54, 1.807) is 7.11 Å². The molecule has 0 fully saturated rings. The molecule has 0 bridgehead atoms. The number of hydrogen-bond donors (Lipinski definition) is 1. The van der Waals surface area contributed by atoms with Crippen LogP contribution < -0.4 is 10.2 Å². The summed E-state index contributed by atoms with van der Waals surface area (Å²) in [5.74, 6) is 0. The molecule has 5 heteroatoms. The van der Waals surface area contributed by atoms with Crippen LogP contribution in [0.2, 0.25) is 5.02 Å². The number of ether oxygens (including phenoxy) is 1. The minimum absolute atomic E-state index is 0.225. The maximum atomic E-state index is 8.78. The zero-order valence-corrected chi connectivity index (χ0v) is 13.8. The number of halogens is 1. The van der Waals surface area contributed by atoms with Gasteiger partial charge in [0.2, 0.25) is 0 Å². The van der Waals surface area contributed by atoms with Crippen molar-refractivity contribution in [2.45, 2.75) is 26.3 Å². The molecule has 0 radical (unpaired) electrons. The van der Waals surface area contributed by atoms with Gasteiger partial charge in [-0.3, -0.25) is 0 Å². The van der Waals surface area contributed by atoms with E-state index in [4.69, 9.17) is 21.6 Å². The van der Waals surface area contributed by atoms with Gasteiger partial charge < -0.3 is 15.0 Å². The summed E-state index contributed by atoms with van der Waals surface area (Å²) in [6, 6.07) is 8.49. The van der Waals surface area contributed by atoms with Gasteiger partial charge in [-0.05, 0) is 31.2 Å². The van der Waals surface area contributed by atoms with Crippen molar-refractivity contribution in [3.63, 3.8) is 0 Å². The molecular weight excluding hydrogens is 286 g/mol. The van der Waals surface area contributed by atoms with Crippen LogP contribution in [-0.4, -0.2) is 33.4 Å². The van der Waals surface area contributed by atoms with Crippen LogP contribution in [0.1, 0.15) is 31.9 Å². The van der Waals surface area contributed by atoms with Gasteiger partial charge in [0.1, 0.15) is 0 Å². The summed E-state index contributed by atoms with van der Waals surface area (Å²) in [4.78, 5) is 2.13. The lowest BCUT2D eigenvalue weighted by Crippen LogP contribution is -2.28. The zero-order valence-electron chi connectivity index (χ0n) is 13.0. The van der Waals surface area contributed by atoms with E-state index in [0.29, 0.717) is 19.6 Å². The van der Waals surface area contributed by atoms with E-state index < -0.39 is 0 Å². The molecule has 0 aromatic heterocycles. The Morgan fingerprint density at radius 3 is 2.76 bits per heavy atom. The number of methoxy groups -OCH3 is 1. The third-order valence-corrected chi connectivity index (χ3v) is 3.71. The second-order valence-corrected chi connectivity index (χ2v) is 5.28. The van der Waals surface area contributed by atoms with Crippen LogP contribution in [0.15, 0.2) is 18.2 Å². The van der Waals surface area contributed by atoms with Gasteiger partial charge in [0.05, 0.1) is 19.1 Å². The van der Waals surface area contributed by atoms with Crippen LogP contribution in [0.3, 0.4) is 0 Å². The van der Waals surface area contributed by atoms with E-state index in [0.717, 1.165) is 29.4 Å². The van der Waals surface area contributed by atoms with Crippen molar-refractivity contribution < 1.29 is 4.74 Å².